The van der Waals surface area contributed by atoms with Crippen LogP contribution in [0, 0.1) is 17.8 Å². The summed E-state index contributed by atoms with van der Waals surface area (Å²) in [5.41, 5.74) is 0. The molecule has 2 nitrogen and oxygen atoms in total. The smallest absolute Gasteiger partial charge is 0.308 e. The van der Waals surface area contributed by atoms with Gasteiger partial charge in [-0.05, 0) is 12.3 Å². The van der Waals surface area contributed by atoms with Crippen LogP contribution in [0.25, 0.3) is 0 Å². The molecule has 0 radical (unpaired) electrons. The normalized spacial score (nSPS) is 30.7. The summed E-state index contributed by atoms with van der Waals surface area (Å²) in [5, 5.41) is 0. The van der Waals surface area contributed by atoms with Crippen molar-refractivity contribution < 1.29 is 18.3 Å². The largest absolute Gasteiger partial charge is 0.469 e. The Morgan fingerprint density at radius 2 is 2.07 bits per heavy atom. The van der Waals surface area contributed by atoms with Gasteiger partial charge in [-0.25, -0.2) is 8.78 Å². The lowest BCUT2D eigenvalue weighted by atomic mass is 9.91. The van der Waals surface area contributed by atoms with Gasteiger partial charge < -0.3 is 4.74 Å². The van der Waals surface area contributed by atoms with Crippen LogP contribution >= 0.6 is 0 Å². The third-order valence-corrected chi connectivity index (χ3v) is 2.94. The highest BCUT2D eigenvalue weighted by molar-refractivity contribution is 5.72. The van der Waals surface area contributed by atoms with Crippen molar-refractivity contribution in [2.75, 3.05) is 7.11 Å². The first kappa shape index (κ1) is 11.4. The van der Waals surface area contributed by atoms with Gasteiger partial charge in [-0.3, -0.25) is 4.79 Å². The van der Waals surface area contributed by atoms with Gasteiger partial charge in [0.15, 0.2) is 0 Å². The summed E-state index contributed by atoms with van der Waals surface area (Å²) in [6.07, 6.45) is -0.111. The summed E-state index contributed by atoms with van der Waals surface area (Å²) in [4.78, 5) is 11.1. The molecular formula is C10H16F2O2. The van der Waals surface area contributed by atoms with Crippen LogP contribution in [0.1, 0.15) is 26.7 Å². The van der Waals surface area contributed by atoms with Gasteiger partial charge in [-0.15, -0.1) is 0 Å². The molecule has 0 aromatic rings. The molecule has 1 aliphatic carbocycles. The van der Waals surface area contributed by atoms with Crippen molar-refractivity contribution in [1.82, 2.24) is 0 Å². The monoisotopic (exact) mass is 206 g/mol. The maximum Gasteiger partial charge on any atom is 0.308 e. The van der Waals surface area contributed by atoms with E-state index in [1.54, 1.807) is 13.8 Å². The van der Waals surface area contributed by atoms with Crippen LogP contribution in [0.4, 0.5) is 8.78 Å². The van der Waals surface area contributed by atoms with Crippen LogP contribution in [0.3, 0.4) is 0 Å². The molecule has 0 bridgehead atoms. The molecule has 0 unspecified atom stereocenters. The van der Waals surface area contributed by atoms with E-state index in [0.29, 0.717) is 0 Å². The van der Waals surface area contributed by atoms with Crippen molar-refractivity contribution in [3.63, 3.8) is 0 Å². The molecule has 1 saturated carbocycles. The molecule has 0 heterocycles. The molecule has 1 fully saturated rings. The number of hydrogen-bond acceptors (Lipinski definition) is 2. The van der Waals surface area contributed by atoms with E-state index in [0.717, 1.165) is 0 Å². The topological polar surface area (TPSA) is 26.3 Å². The lowest BCUT2D eigenvalue weighted by Crippen LogP contribution is -2.25. The second-order valence-electron chi connectivity index (χ2n) is 4.27. The third kappa shape index (κ3) is 2.04. The number of ether oxygens (including phenoxy) is 1. The van der Waals surface area contributed by atoms with Crippen molar-refractivity contribution in [3.05, 3.63) is 0 Å². The molecule has 0 saturated heterocycles. The predicted octanol–water partition coefficient (Wildman–Crippen LogP) is 2.48. The maximum absolute atomic E-state index is 13.4. The van der Waals surface area contributed by atoms with E-state index in [-0.39, 0.29) is 18.8 Å². The minimum absolute atomic E-state index is 0.0975. The van der Waals surface area contributed by atoms with Crippen LogP contribution in [0.5, 0.6) is 0 Å². The van der Waals surface area contributed by atoms with Crippen molar-refractivity contribution in [1.29, 1.82) is 0 Å². The van der Waals surface area contributed by atoms with Gasteiger partial charge in [0.2, 0.25) is 0 Å². The molecule has 2 atom stereocenters. The number of esters is 1. The van der Waals surface area contributed by atoms with E-state index in [4.69, 9.17) is 0 Å². The molecular weight excluding hydrogens is 190 g/mol. The first-order valence-corrected chi connectivity index (χ1v) is 4.84. The predicted molar refractivity (Wildman–Crippen MR) is 48.0 cm³/mol. The van der Waals surface area contributed by atoms with Gasteiger partial charge in [-0.1, -0.05) is 13.8 Å². The summed E-state index contributed by atoms with van der Waals surface area (Å²) in [7, 11) is 1.24. The van der Waals surface area contributed by atoms with Crippen LogP contribution in [0.15, 0.2) is 0 Å². The first-order chi connectivity index (χ1) is 6.38. The summed E-state index contributed by atoms with van der Waals surface area (Å²) in [6.45, 7) is 3.52. The van der Waals surface area contributed by atoms with Crippen molar-refractivity contribution in [3.8, 4) is 0 Å². The summed E-state index contributed by atoms with van der Waals surface area (Å²) < 4.78 is 31.3. The molecule has 14 heavy (non-hydrogen) atoms. The van der Waals surface area contributed by atoms with Gasteiger partial charge in [0.1, 0.15) is 0 Å². The molecule has 0 aliphatic heterocycles. The molecule has 4 heteroatoms. The highest BCUT2D eigenvalue weighted by atomic mass is 19.3. The minimum Gasteiger partial charge on any atom is -0.469 e. The second-order valence-corrected chi connectivity index (χ2v) is 4.27. The SMILES string of the molecule is COC(=O)[C@H]1C[C@@H](C(C)C)C(F)(F)C1. The number of methoxy groups -OCH3 is 1. The van der Waals surface area contributed by atoms with E-state index in [9.17, 15) is 13.6 Å². The Hall–Kier alpha value is -0.670. The number of alkyl halides is 2. The Kier molecular flexibility index (Phi) is 3.12. The number of hydrogen-bond donors (Lipinski definition) is 0. The molecule has 0 aromatic carbocycles. The third-order valence-electron chi connectivity index (χ3n) is 2.94. The Bertz CT molecular complexity index is 226. The van der Waals surface area contributed by atoms with E-state index < -0.39 is 23.7 Å². The standard InChI is InChI=1S/C10H16F2O2/c1-6(2)8-4-7(9(13)14-3)5-10(8,11)12/h6-8H,4-5H2,1-3H3/t7-,8-/m0/s1. The highest BCUT2D eigenvalue weighted by Gasteiger charge is 2.52. The molecule has 0 spiro atoms. The average molecular weight is 206 g/mol. The Labute approximate surface area is 82.6 Å². The van der Waals surface area contributed by atoms with Crippen LogP contribution in [-0.4, -0.2) is 19.0 Å². The van der Waals surface area contributed by atoms with Gasteiger partial charge in [-0.2, -0.15) is 0 Å². The van der Waals surface area contributed by atoms with Gasteiger partial charge >= 0.3 is 5.97 Å². The van der Waals surface area contributed by atoms with E-state index in [1.807, 2.05) is 0 Å². The Morgan fingerprint density at radius 3 is 2.43 bits per heavy atom. The highest BCUT2D eigenvalue weighted by Crippen LogP contribution is 2.47. The van der Waals surface area contributed by atoms with Gasteiger partial charge in [0.05, 0.1) is 13.0 Å². The van der Waals surface area contributed by atoms with Gasteiger partial charge in [0, 0.05) is 12.3 Å². The molecule has 0 amide bonds. The second kappa shape index (κ2) is 3.83. The van der Waals surface area contributed by atoms with E-state index in [1.165, 1.54) is 7.11 Å². The molecule has 82 valence electrons. The van der Waals surface area contributed by atoms with Gasteiger partial charge in [0.25, 0.3) is 5.92 Å². The average Bonchev–Trinajstić information content (AvgIpc) is 2.40. The Balaban J connectivity index is 2.71. The molecule has 0 aromatic heterocycles. The first-order valence-electron chi connectivity index (χ1n) is 4.84. The minimum atomic E-state index is -2.72. The van der Waals surface area contributed by atoms with Crippen molar-refractivity contribution in [2.24, 2.45) is 17.8 Å². The van der Waals surface area contributed by atoms with Crippen molar-refractivity contribution >= 4 is 5.97 Å². The quantitative estimate of drug-likeness (QED) is 0.649. The lowest BCUT2D eigenvalue weighted by Gasteiger charge is -2.21. The number of rotatable bonds is 2. The summed E-state index contributed by atoms with van der Waals surface area (Å²) in [5.74, 6) is -4.63. The maximum atomic E-state index is 13.4. The molecule has 0 N–H and O–H groups in total. The fourth-order valence-corrected chi connectivity index (χ4v) is 2.15. The zero-order chi connectivity index (χ0) is 10.9. The van der Waals surface area contributed by atoms with E-state index in [2.05, 4.69) is 4.74 Å². The number of halogens is 2. The molecule has 1 aliphatic rings. The number of carbonyl (C=O) groups excluding carboxylic acids is 1. The Morgan fingerprint density at radius 1 is 1.50 bits per heavy atom. The summed E-state index contributed by atoms with van der Waals surface area (Å²) in [6, 6.07) is 0. The zero-order valence-electron chi connectivity index (χ0n) is 8.72. The molecule has 1 rings (SSSR count). The zero-order valence-corrected chi connectivity index (χ0v) is 8.72. The van der Waals surface area contributed by atoms with Crippen LogP contribution in [-0.2, 0) is 9.53 Å². The fraction of sp³-hybridized carbons (Fsp3) is 0.900. The van der Waals surface area contributed by atoms with E-state index >= 15 is 0 Å². The van der Waals surface area contributed by atoms with Crippen molar-refractivity contribution in [2.45, 2.75) is 32.6 Å². The van der Waals surface area contributed by atoms with Crippen LogP contribution in [0.2, 0.25) is 0 Å². The summed E-state index contributed by atoms with van der Waals surface area (Å²) >= 11 is 0. The fourth-order valence-electron chi connectivity index (χ4n) is 2.15. The van der Waals surface area contributed by atoms with Crippen LogP contribution < -0.4 is 0 Å². The lowest BCUT2D eigenvalue weighted by molar-refractivity contribution is -0.146. The number of carbonyl (C=O) groups is 1.